The lowest BCUT2D eigenvalue weighted by molar-refractivity contribution is 0.406. The Labute approximate surface area is 84.7 Å². The Hall–Kier alpha value is -1.22. The molecule has 0 unspecified atom stereocenters. The molecule has 0 aliphatic rings. The Bertz CT molecular complexity index is 287. The molecule has 2 N–H and O–H groups in total. The minimum atomic E-state index is 0.297. The highest BCUT2D eigenvalue weighted by Crippen LogP contribution is 2.24. The van der Waals surface area contributed by atoms with Gasteiger partial charge in [0.05, 0.1) is 7.11 Å². The predicted molar refractivity (Wildman–Crippen MR) is 56.9 cm³/mol. The predicted octanol–water partition coefficient (Wildman–Crippen LogP) is 1.55. The molecule has 0 fully saturated rings. The normalized spacial score (nSPS) is 10.1. The number of aryl methyl sites for hydroxylation is 1. The van der Waals surface area contributed by atoms with Crippen LogP contribution in [0.5, 0.6) is 11.5 Å². The number of aromatic hydroxyl groups is 1. The van der Waals surface area contributed by atoms with Crippen molar-refractivity contribution in [2.24, 2.45) is 0 Å². The van der Waals surface area contributed by atoms with Crippen molar-refractivity contribution >= 4 is 0 Å². The Morgan fingerprint density at radius 3 is 2.86 bits per heavy atom. The molecule has 0 aliphatic carbocycles. The fourth-order valence-electron chi connectivity index (χ4n) is 1.42. The van der Waals surface area contributed by atoms with Crippen LogP contribution >= 0.6 is 0 Å². The number of hydrogen-bond donors (Lipinski definition) is 2. The summed E-state index contributed by atoms with van der Waals surface area (Å²) in [7, 11) is 3.58. The SMILES string of the molecule is CNCCCc1cc(O)ccc1OC. The van der Waals surface area contributed by atoms with Crippen LogP contribution in [0.25, 0.3) is 0 Å². The molecule has 14 heavy (non-hydrogen) atoms. The molecule has 0 bridgehead atoms. The maximum Gasteiger partial charge on any atom is 0.122 e. The number of methoxy groups -OCH3 is 1. The Morgan fingerprint density at radius 2 is 2.21 bits per heavy atom. The summed E-state index contributed by atoms with van der Waals surface area (Å²) in [4.78, 5) is 0. The largest absolute Gasteiger partial charge is 0.508 e. The maximum atomic E-state index is 9.32. The molecule has 0 heterocycles. The van der Waals surface area contributed by atoms with E-state index in [4.69, 9.17) is 4.74 Å². The zero-order valence-corrected chi connectivity index (χ0v) is 8.71. The molecule has 0 aliphatic heterocycles. The van der Waals surface area contributed by atoms with Crippen molar-refractivity contribution in [1.29, 1.82) is 0 Å². The molecule has 1 rings (SSSR count). The zero-order valence-electron chi connectivity index (χ0n) is 8.71. The highest BCUT2D eigenvalue weighted by molar-refractivity contribution is 5.39. The van der Waals surface area contributed by atoms with Gasteiger partial charge in [-0.25, -0.2) is 0 Å². The minimum absolute atomic E-state index is 0.297. The van der Waals surface area contributed by atoms with E-state index in [1.807, 2.05) is 7.05 Å². The molecule has 0 spiro atoms. The first-order valence-corrected chi connectivity index (χ1v) is 4.78. The smallest absolute Gasteiger partial charge is 0.122 e. The van der Waals surface area contributed by atoms with Gasteiger partial charge >= 0.3 is 0 Å². The second-order valence-electron chi connectivity index (χ2n) is 3.20. The average Bonchev–Trinajstić information content (AvgIpc) is 2.19. The summed E-state index contributed by atoms with van der Waals surface area (Å²) >= 11 is 0. The Balaban J connectivity index is 2.67. The first kappa shape index (κ1) is 10.9. The third kappa shape index (κ3) is 2.92. The molecule has 0 aromatic heterocycles. The van der Waals surface area contributed by atoms with Crippen LogP contribution in [0.3, 0.4) is 0 Å². The van der Waals surface area contributed by atoms with Crippen LogP contribution < -0.4 is 10.1 Å². The van der Waals surface area contributed by atoms with E-state index in [2.05, 4.69) is 5.32 Å². The van der Waals surface area contributed by atoms with Gasteiger partial charge in [0.2, 0.25) is 0 Å². The molecular weight excluding hydrogens is 178 g/mol. The van der Waals surface area contributed by atoms with Gasteiger partial charge in [0, 0.05) is 0 Å². The van der Waals surface area contributed by atoms with E-state index in [0.717, 1.165) is 30.7 Å². The molecule has 1 aromatic rings. The molecule has 0 atom stereocenters. The molecule has 78 valence electrons. The van der Waals surface area contributed by atoms with Crippen molar-refractivity contribution in [3.8, 4) is 11.5 Å². The summed E-state index contributed by atoms with van der Waals surface area (Å²) in [6.07, 6.45) is 1.95. The average molecular weight is 195 g/mol. The lowest BCUT2D eigenvalue weighted by Gasteiger charge is -2.08. The molecule has 0 saturated carbocycles. The maximum absolute atomic E-state index is 9.32. The quantitative estimate of drug-likeness (QED) is 0.700. The molecule has 0 amide bonds. The van der Waals surface area contributed by atoms with E-state index in [1.165, 1.54) is 0 Å². The third-order valence-electron chi connectivity index (χ3n) is 2.14. The number of phenols is 1. The van der Waals surface area contributed by atoms with Crippen molar-refractivity contribution in [2.45, 2.75) is 12.8 Å². The molecule has 3 heteroatoms. The van der Waals surface area contributed by atoms with Crippen LogP contribution in [0, 0.1) is 0 Å². The summed E-state index contributed by atoms with van der Waals surface area (Å²) in [6.45, 7) is 0.971. The minimum Gasteiger partial charge on any atom is -0.508 e. The lowest BCUT2D eigenvalue weighted by Crippen LogP contribution is -2.08. The van der Waals surface area contributed by atoms with Crippen LogP contribution in [0.2, 0.25) is 0 Å². The fourth-order valence-corrected chi connectivity index (χ4v) is 1.42. The zero-order chi connectivity index (χ0) is 10.4. The van der Waals surface area contributed by atoms with E-state index < -0.39 is 0 Å². The standard InChI is InChI=1S/C11H17NO2/c1-12-7-3-4-9-8-10(13)5-6-11(9)14-2/h5-6,8,12-13H,3-4,7H2,1-2H3. The van der Waals surface area contributed by atoms with Gasteiger partial charge in [-0.3, -0.25) is 0 Å². The third-order valence-corrected chi connectivity index (χ3v) is 2.14. The molecular formula is C11H17NO2. The van der Waals surface area contributed by atoms with Gasteiger partial charge in [-0.15, -0.1) is 0 Å². The van der Waals surface area contributed by atoms with E-state index in [1.54, 1.807) is 25.3 Å². The Kier molecular flexibility index (Phi) is 4.26. The molecule has 0 saturated heterocycles. The second kappa shape index (κ2) is 5.50. The van der Waals surface area contributed by atoms with Crippen LogP contribution in [0.4, 0.5) is 0 Å². The van der Waals surface area contributed by atoms with Crippen molar-refractivity contribution < 1.29 is 9.84 Å². The van der Waals surface area contributed by atoms with Crippen LogP contribution in [-0.2, 0) is 6.42 Å². The summed E-state index contributed by atoms with van der Waals surface area (Å²) in [6, 6.07) is 5.19. The van der Waals surface area contributed by atoms with Gasteiger partial charge in [-0.2, -0.15) is 0 Å². The first-order valence-electron chi connectivity index (χ1n) is 4.78. The van der Waals surface area contributed by atoms with Crippen LogP contribution in [0.15, 0.2) is 18.2 Å². The lowest BCUT2D eigenvalue weighted by atomic mass is 10.1. The monoisotopic (exact) mass is 195 g/mol. The topological polar surface area (TPSA) is 41.5 Å². The first-order chi connectivity index (χ1) is 6.77. The van der Waals surface area contributed by atoms with Gasteiger partial charge in [0.25, 0.3) is 0 Å². The highest BCUT2D eigenvalue weighted by atomic mass is 16.5. The second-order valence-corrected chi connectivity index (χ2v) is 3.20. The van der Waals surface area contributed by atoms with Crippen molar-refractivity contribution in [1.82, 2.24) is 5.32 Å². The van der Waals surface area contributed by atoms with Gasteiger partial charge in [-0.1, -0.05) is 0 Å². The summed E-state index contributed by atoms with van der Waals surface area (Å²) in [5.74, 6) is 1.14. The van der Waals surface area contributed by atoms with Crippen LogP contribution in [0.1, 0.15) is 12.0 Å². The number of phenolic OH excluding ortho intramolecular Hbond substituents is 1. The number of rotatable bonds is 5. The molecule has 3 nitrogen and oxygen atoms in total. The molecule has 0 radical (unpaired) electrons. The highest BCUT2D eigenvalue weighted by Gasteiger charge is 2.03. The van der Waals surface area contributed by atoms with E-state index >= 15 is 0 Å². The van der Waals surface area contributed by atoms with Gasteiger partial charge < -0.3 is 15.2 Å². The molecule has 1 aromatic carbocycles. The van der Waals surface area contributed by atoms with Gasteiger partial charge in [0.15, 0.2) is 0 Å². The van der Waals surface area contributed by atoms with Crippen LogP contribution in [-0.4, -0.2) is 25.8 Å². The van der Waals surface area contributed by atoms with E-state index in [0.29, 0.717) is 5.75 Å². The van der Waals surface area contributed by atoms with Crippen molar-refractivity contribution in [3.63, 3.8) is 0 Å². The number of ether oxygens (including phenoxy) is 1. The summed E-state index contributed by atoms with van der Waals surface area (Å²) in [5.41, 5.74) is 1.06. The summed E-state index contributed by atoms with van der Waals surface area (Å²) < 4.78 is 5.20. The van der Waals surface area contributed by atoms with E-state index in [9.17, 15) is 5.11 Å². The van der Waals surface area contributed by atoms with Gasteiger partial charge in [0.1, 0.15) is 11.5 Å². The van der Waals surface area contributed by atoms with Crippen molar-refractivity contribution in [3.05, 3.63) is 23.8 Å². The van der Waals surface area contributed by atoms with E-state index in [-0.39, 0.29) is 0 Å². The summed E-state index contributed by atoms with van der Waals surface area (Å²) in [5, 5.41) is 12.4. The Morgan fingerprint density at radius 1 is 1.43 bits per heavy atom. The number of benzene rings is 1. The van der Waals surface area contributed by atoms with Gasteiger partial charge in [-0.05, 0) is 50.2 Å². The number of hydrogen-bond acceptors (Lipinski definition) is 3. The number of nitrogens with one attached hydrogen (secondary N) is 1. The fraction of sp³-hybridized carbons (Fsp3) is 0.455. The van der Waals surface area contributed by atoms with Crippen molar-refractivity contribution in [2.75, 3.05) is 20.7 Å².